The molecule has 1 amide bonds. The van der Waals surface area contributed by atoms with Gasteiger partial charge in [0.25, 0.3) is 0 Å². The minimum Gasteiger partial charge on any atom is -0.480 e. The Balaban J connectivity index is 2.69. The van der Waals surface area contributed by atoms with E-state index in [2.05, 4.69) is 5.32 Å². The molecule has 0 spiro atoms. The molecule has 0 radical (unpaired) electrons. The maximum absolute atomic E-state index is 12.7. The first-order valence-corrected chi connectivity index (χ1v) is 6.31. The largest absolute Gasteiger partial charge is 0.480 e. The van der Waals surface area contributed by atoms with Gasteiger partial charge in [-0.25, -0.2) is 4.39 Å². The summed E-state index contributed by atoms with van der Waals surface area (Å²) >= 11 is 0. The smallest absolute Gasteiger partial charge is 0.323 e. The Hall–Kier alpha value is -1.95. The number of carbonyl (C=O) groups excluding carboxylic acids is 1. The minimum absolute atomic E-state index is 0.0484. The molecule has 0 aliphatic rings. The normalized spacial score (nSPS) is 11.4. The van der Waals surface area contributed by atoms with E-state index in [9.17, 15) is 14.0 Å². The molecule has 20 heavy (non-hydrogen) atoms. The van der Waals surface area contributed by atoms with E-state index in [1.165, 1.54) is 24.3 Å². The van der Waals surface area contributed by atoms with E-state index in [0.717, 1.165) is 0 Å². The van der Waals surface area contributed by atoms with Gasteiger partial charge >= 0.3 is 5.97 Å². The Morgan fingerprint density at radius 1 is 1.30 bits per heavy atom. The van der Waals surface area contributed by atoms with Crippen LogP contribution in [0.15, 0.2) is 24.3 Å². The van der Waals surface area contributed by atoms with Gasteiger partial charge in [0.15, 0.2) is 0 Å². The second-order valence-corrected chi connectivity index (χ2v) is 4.93. The summed E-state index contributed by atoms with van der Waals surface area (Å²) in [6.07, 6.45) is 0. The van der Waals surface area contributed by atoms with E-state index in [1.807, 2.05) is 0 Å². The summed E-state index contributed by atoms with van der Waals surface area (Å²) in [6, 6.07) is 5.39. The molecule has 0 aliphatic heterocycles. The summed E-state index contributed by atoms with van der Waals surface area (Å²) in [5, 5.41) is 11.8. The average molecular weight is 282 g/mol. The molecule has 110 valence electrons. The molecule has 0 fully saturated rings. The molecule has 0 aromatic heterocycles. The van der Waals surface area contributed by atoms with Crippen molar-refractivity contribution in [3.05, 3.63) is 30.1 Å². The van der Waals surface area contributed by atoms with Crippen LogP contribution in [0.2, 0.25) is 0 Å². The lowest BCUT2D eigenvalue weighted by Crippen LogP contribution is -2.52. The Morgan fingerprint density at radius 2 is 1.85 bits per heavy atom. The van der Waals surface area contributed by atoms with Crippen LogP contribution in [0, 0.1) is 5.82 Å². The summed E-state index contributed by atoms with van der Waals surface area (Å²) in [7, 11) is 0. The Kier molecular flexibility index (Phi) is 5.21. The van der Waals surface area contributed by atoms with E-state index in [0.29, 0.717) is 12.2 Å². The molecule has 0 saturated carbocycles. The molecule has 1 rings (SSSR count). The molecule has 1 aromatic carbocycles. The first-order valence-electron chi connectivity index (χ1n) is 6.31. The van der Waals surface area contributed by atoms with E-state index >= 15 is 0 Å². The molecule has 6 heteroatoms. The van der Waals surface area contributed by atoms with E-state index in [-0.39, 0.29) is 18.3 Å². The lowest BCUT2D eigenvalue weighted by molar-refractivity contribution is -0.149. The average Bonchev–Trinajstić information content (AvgIpc) is 2.38. The predicted octanol–water partition coefficient (Wildman–Crippen LogP) is 1.95. The number of rotatable bonds is 6. The highest BCUT2D eigenvalue weighted by Gasteiger charge is 2.34. The van der Waals surface area contributed by atoms with Crippen molar-refractivity contribution in [2.24, 2.45) is 0 Å². The first-order chi connectivity index (χ1) is 9.27. The maximum atomic E-state index is 12.7. The summed E-state index contributed by atoms with van der Waals surface area (Å²) < 4.78 is 12.7. The van der Waals surface area contributed by atoms with Gasteiger partial charge in [-0.1, -0.05) is 6.92 Å². The Labute approximate surface area is 117 Å². The van der Waals surface area contributed by atoms with Gasteiger partial charge in [0.2, 0.25) is 5.91 Å². The number of likely N-dealkylation sites (N-methyl/N-ethyl adjacent to an activating group) is 1. The number of halogens is 1. The van der Waals surface area contributed by atoms with Gasteiger partial charge < -0.3 is 10.4 Å². The summed E-state index contributed by atoms with van der Waals surface area (Å²) in [5.41, 5.74) is -0.657. The fourth-order valence-corrected chi connectivity index (χ4v) is 1.75. The third-order valence-electron chi connectivity index (χ3n) is 3.16. The standard InChI is InChI=1S/C14H19FN2O3/c1-4-17(14(2,3)13(19)20)9-12(18)16-11-7-5-10(15)6-8-11/h5-8H,4,9H2,1-3H3,(H,16,18)(H,19,20). The molecule has 2 N–H and O–H groups in total. The van der Waals surface area contributed by atoms with Crippen LogP contribution in [-0.4, -0.2) is 40.5 Å². The van der Waals surface area contributed by atoms with Gasteiger partial charge in [0, 0.05) is 5.69 Å². The molecule has 1 aromatic rings. The fraction of sp³-hybridized carbons (Fsp3) is 0.429. The number of aliphatic carboxylic acids is 1. The van der Waals surface area contributed by atoms with Crippen molar-refractivity contribution in [3.63, 3.8) is 0 Å². The molecule has 0 saturated heterocycles. The summed E-state index contributed by atoms with van der Waals surface area (Å²) in [6.45, 7) is 5.26. The maximum Gasteiger partial charge on any atom is 0.323 e. The number of nitrogens with zero attached hydrogens (tertiary/aromatic N) is 1. The molecule has 0 bridgehead atoms. The number of nitrogens with one attached hydrogen (secondary N) is 1. The highest BCUT2D eigenvalue weighted by molar-refractivity contribution is 5.92. The fourth-order valence-electron chi connectivity index (χ4n) is 1.75. The van der Waals surface area contributed by atoms with Crippen LogP contribution in [0.3, 0.4) is 0 Å². The summed E-state index contributed by atoms with van der Waals surface area (Å²) in [5.74, 6) is -1.72. The van der Waals surface area contributed by atoms with Crippen molar-refractivity contribution >= 4 is 17.6 Å². The molecule has 0 atom stereocenters. The van der Waals surface area contributed by atoms with Gasteiger partial charge in [-0.3, -0.25) is 14.5 Å². The van der Waals surface area contributed by atoms with Crippen LogP contribution in [0.4, 0.5) is 10.1 Å². The molecular weight excluding hydrogens is 263 g/mol. The minimum atomic E-state index is -1.13. The van der Waals surface area contributed by atoms with Gasteiger partial charge in [-0.05, 0) is 44.7 Å². The lowest BCUT2D eigenvalue weighted by atomic mass is 10.0. The van der Waals surface area contributed by atoms with Crippen molar-refractivity contribution in [3.8, 4) is 0 Å². The van der Waals surface area contributed by atoms with Gasteiger partial charge in [0.05, 0.1) is 6.54 Å². The van der Waals surface area contributed by atoms with Crippen molar-refractivity contribution in [1.82, 2.24) is 4.90 Å². The quantitative estimate of drug-likeness (QED) is 0.836. The molecule has 0 aliphatic carbocycles. The van der Waals surface area contributed by atoms with Gasteiger partial charge in [-0.2, -0.15) is 0 Å². The van der Waals surface area contributed by atoms with Crippen LogP contribution < -0.4 is 5.32 Å². The number of anilines is 1. The topological polar surface area (TPSA) is 69.6 Å². The zero-order valence-corrected chi connectivity index (χ0v) is 11.8. The molecular formula is C14H19FN2O3. The third-order valence-corrected chi connectivity index (χ3v) is 3.16. The summed E-state index contributed by atoms with van der Waals surface area (Å²) in [4.78, 5) is 24.6. The van der Waals surface area contributed by atoms with Crippen molar-refractivity contribution < 1.29 is 19.1 Å². The van der Waals surface area contributed by atoms with Crippen LogP contribution in [0.5, 0.6) is 0 Å². The number of hydrogen-bond donors (Lipinski definition) is 2. The first kappa shape index (κ1) is 16.1. The van der Waals surface area contributed by atoms with E-state index < -0.39 is 11.5 Å². The molecule has 5 nitrogen and oxygen atoms in total. The number of hydrogen-bond acceptors (Lipinski definition) is 3. The van der Waals surface area contributed by atoms with E-state index in [1.54, 1.807) is 25.7 Å². The SMILES string of the molecule is CCN(CC(=O)Nc1ccc(F)cc1)C(C)(C)C(=O)O. The Bertz CT molecular complexity index is 486. The third kappa shape index (κ3) is 4.03. The monoisotopic (exact) mass is 282 g/mol. The molecule has 0 unspecified atom stereocenters. The zero-order valence-electron chi connectivity index (χ0n) is 11.8. The van der Waals surface area contributed by atoms with Crippen LogP contribution in [-0.2, 0) is 9.59 Å². The Morgan fingerprint density at radius 3 is 2.30 bits per heavy atom. The number of benzene rings is 1. The highest BCUT2D eigenvalue weighted by Crippen LogP contribution is 2.15. The second-order valence-electron chi connectivity index (χ2n) is 4.93. The molecule has 0 heterocycles. The number of carboxylic acid groups (broad SMARTS) is 1. The number of amides is 1. The van der Waals surface area contributed by atoms with Crippen molar-refractivity contribution in [1.29, 1.82) is 0 Å². The highest BCUT2D eigenvalue weighted by atomic mass is 19.1. The number of carboxylic acids is 1. The predicted molar refractivity (Wildman–Crippen MR) is 74.0 cm³/mol. The van der Waals surface area contributed by atoms with Crippen LogP contribution in [0.1, 0.15) is 20.8 Å². The lowest BCUT2D eigenvalue weighted by Gasteiger charge is -2.33. The van der Waals surface area contributed by atoms with Crippen LogP contribution >= 0.6 is 0 Å². The zero-order chi connectivity index (χ0) is 15.3. The van der Waals surface area contributed by atoms with Crippen molar-refractivity contribution in [2.45, 2.75) is 26.3 Å². The van der Waals surface area contributed by atoms with Gasteiger partial charge in [0.1, 0.15) is 11.4 Å². The van der Waals surface area contributed by atoms with Gasteiger partial charge in [-0.15, -0.1) is 0 Å². The van der Waals surface area contributed by atoms with Crippen molar-refractivity contribution in [2.75, 3.05) is 18.4 Å². The van der Waals surface area contributed by atoms with E-state index in [4.69, 9.17) is 5.11 Å². The second kappa shape index (κ2) is 6.47. The van der Waals surface area contributed by atoms with Crippen LogP contribution in [0.25, 0.3) is 0 Å². The number of carbonyl (C=O) groups is 2.